The zero-order chi connectivity index (χ0) is 17.9. The molecule has 0 aromatic heterocycles. The first-order valence-corrected chi connectivity index (χ1v) is 9.69. The van der Waals surface area contributed by atoms with Crippen molar-refractivity contribution in [1.29, 1.82) is 0 Å². The van der Waals surface area contributed by atoms with Gasteiger partial charge in [0.1, 0.15) is 0 Å². The topological polar surface area (TPSA) is 32.3 Å². The molecule has 0 saturated heterocycles. The van der Waals surface area contributed by atoms with Crippen LogP contribution in [0.4, 0.5) is 5.69 Å². The molecule has 0 heterocycles. The molecule has 3 nitrogen and oxygen atoms in total. The van der Waals surface area contributed by atoms with Crippen molar-refractivity contribution in [1.82, 2.24) is 4.90 Å². The molecule has 2 aromatic rings. The second-order valence-electron chi connectivity index (χ2n) is 5.63. The van der Waals surface area contributed by atoms with Gasteiger partial charge in [0.25, 0.3) is 0 Å². The average molecular weight is 355 g/mol. The van der Waals surface area contributed by atoms with Gasteiger partial charge in [0, 0.05) is 29.0 Å². The smallest absolute Gasteiger partial charge is 0.248 e. The minimum atomic E-state index is -0.120. The summed E-state index contributed by atoms with van der Waals surface area (Å²) in [5, 5.41) is 2.89. The van der Waals surface area contributed by atoms with Gasteiger partial charge in [0.15, 0.2) is 0 Å². The van der Waals surface area contributed by atoms with Crippen molar-refractivity contribution in [3.63, 3.8) is 0 Å². The van der Waals surface area contributed by atoms with E-state index in [9.17, 15) is 4.79 Å². The van der Waals surface area contributed by atoms with E-state index in [1.165, 1.54) is 4.90 Å². The Labute approximate surface area is 155 Å². The summed E-state index contributed by atoms with van der Waals surface area (Å²) in [5.41, 5.74) is 1.83. The largest absolute Gasteiger partial charge is 0.323 e. The third kappa shape index (κ3) is 7.16. The Balaban J connectivity index is 1.79. The van der Waals surface area contributed by atoms with Crippen molar-refractivity contribution in [2.24, 2.45) is 0 Å². The number of carbonyl (C=O) groups excluding carboxylic acids is 1. The number of rotatable bonds is 9. The lowest BCUT2D eigenvalue weighted by Gasteiger charge is -2.17. The predicted octanol–water partition coefficient (Wildman–Crippen LogP) is 4.77. The highest BCUT2D eigenvalue weighted by molar-refractivity contribution is 7.99. The molecule has 0 unspecified atom stereocenters. The van der Waals surface area contributed by atoms with E-state index in [0.717, 1.165) is 36.6 Å². The molecule has 2 aromatic carbocycles. The number of nitrogens with zero attached hydrogens (tertiary/aromatic N) is 1. The maximum Gasteiger partial charge on any atom is 0.248 e. The number of benzene rings is 2. The Morgan fingerprint density at radius 2 is 1.72 bits per heavy atom. The summed E-state index contributed by atoms with van der Waals surface area (Å²) in [7, 11) is 0. The third-order valence-corrected chi connectivity index (χ3v) is 4.91. The molecule has 0 spiro atoms. The quantitative estimate of drug-likeness (QED) is 0.520. The summed E-state index contributed by atoms with van der Waals surface area (Å²) >= 11 is 1.85. The Morgan fingerprint density at radius 1 is 1.04 bits per heavy atom. The first-order valence-electron chi connectivity index (χ1n) is 8.70. The van der Waals surface area contributed by atoms with Crippen LogP contribution in [-0.2, 0) is 4.79 Å². The van der Waals surface area contributed by atoms with Crippen LogP contribution < -0.4 is 5.32 Å². The molecule has 132 valence electrons. The Kier molecular flexibility index (Phi) is 8.29. The molecule has 0 saturated carbocycles. The molecule has 2 rings (SSSR count). The van der Waals surface area contributed by atoms with Crippen LogP contribution in [0.15, 0.2) is 65.6 Å². The first kappa shape index (κ1) is 19.3. The maximum atomic E-state index is 12.0. The third-order valence-electron chi connectivity index (χ3n) is 3.92. The van der Waals surface area contributed by atoms with Crippen molar-refractivity contribution in [3.05, 3.63) is 66.2 Å². The first-order chi connectivity index (χ1) is 12.2. The highest BCUT2D eigenvalue weighted by atomic mass is 32.2. The van der Waals surface area contributed by atoms with Gasteiger partial charge in [-0.15, -0.1) is 11.8 Å². The van der Waals surface area contributed by atoms with E-state index >= 15 is 0 Å². The number of thioether (sulfide) groups is 1. The summed E-state index contributed by atoms with van der Waals surface area (Å²) < 4.78 is 0. The Hall–Kier alpha value is -2.04. The Morgan fingerprint density at radius 3 is 2.36 bits per heavy atom. The van der Waals surface area contributed by atoms with Crippen LogP contribution in [0.25, 0.3) is 6.08 Å². The van der Waals surface area contributed by atoms with Crippen molar-refractivity contribution in [2.45, 2.75) is 18.7 Å². The molecular weight excluding hydrogens is 328 g/mol. The van der Waals surface area contributed by atoms with Crippen LogP contribution in [0.1, 0.15) is 19.4 Å². The zero-order valence-corrected chi connectivity index (χ0v) is 15.8. The van der Waals surface area contributed by atoms with Gasteiger partial charge in [-0.2, -0.15) is 0 Å². The van der Waals surface area contributed by atoms with Gasteiger partial charge in [0.05, 0.1) is 0 Å². The van der Waals surface area contributed by atoms with Gasteiger partial charge < -0.3 is 10.2 Å². The lowest BCUT2D eigenvalue weighted by atomic mass is 10.2. The summed E-state index contributed by atoms with van der Waals surface area (Å²) in [6.07, 6.45) is 3.37. The molecule has 0 fully saturated rings. The summed E-state index contributed by atoms with van der Waals surface area (Å²) in [6.45, 7) is 7.67. The maximum absolute atomic E-state index is 12.0. The standard InChI is InChI=1S/C21H26N2OS/c1-3-23(4-2)16-17-25-20-13-11-19(12-14-20)22-21(24)15-10-18-8-6-5-7-9-18/h5-15H,3-4,16-17H2,1-2H3,(H,22,24)/b15-10+. The molecule has 1 N–H and O–H groups in total. The fourth-order valence-electron chi connectivity index (χ4n) is 2.39. The van der Waals surface area contributed by atoms with Crippen LogP contribution in [-0.4, -0.2) is 36.2 Å². The van der Waals surface area contributed by atoms with Gasteiger partial charge in [0.2, 0.25) is 5.91 Å². The number of hydrogen-bond acceptors (Lipinski definition) is 3. The molecule has 0 aliphatic rings. The molecular formula is C21H26N2OS. The van der Waals surface area contributed by atoms with E-state index in [1.807, 2.05) is 60.3 Å². The molecule has 25 heavy (non-hydrogen) atoms. The molecule has 0 radical (unpaired) electrons. The van der Waals surface area contributed by atoms with Gasteiger partial charge >= 0.3 is 0 Å². The second kappa shape index (κ2) is 10.7. The highest BCUT2D eigenvalue weighted by Gasteiger charge is 2.01. The van der Waals surface area contributed by atoms with E-state index in [0.29, 0.717) is 0 Å². The molecule has 0 aliphatic heterocycles. The van der Waals surface area contributed by atoms with E-state index in [1.54, 1.807) is 6.08 Å². The number of hydrogen-bond donors (Lipinski definition) is 1. The monoisotopic (exact) mass is 354 g/mol. The predicted molar refractivity (Wildman–Crippen MR) is 109 cm³/mol. The highest BCUT2D eigenvalue weighted by Crippen LogP contribution is 2.20. The lowest BCUT2D eigenvalue weighted by Crippen LogP contribution is -2.25. The average Bonchev–Trinajstić information content (AvgIpc) is 2.66. The van der Waals surface area contributed by atoms with Gasteiger partial charge in [-0.3, -0.25) is 4.79 Å². The molecule has 0 atom stereocenters. The van der Waals surface area contributed by atoms with Crippen molar-refractivity contribution >= 4 is 29.4 Å². The molecule has 0 aliphatic carbocycles. The number of carbonyl (C=O) groups is 1. The SMILES string of the molecule is CCN(CC)CCSc1ccc(NC(=O)/C=C/c2ccccc2)cc1. The van der Waals surface area contributed by atoms with Crippen LogP contribution >= 0.6 is 11.8 Å². The van der Waals surface area contributed by atoms with E-state index < -0.39 is 0 Å². The number of nitrogens with one attached hydrogen (secondary N) is 1. The van der Waals surface area contributed by atoms with E-state index in [2.05, 4.69) is 36.2 Å². The number of anilines is 1. The summed E-state index contributed by atoms with van der Waals surface area (Å²) in [5.74, 6) is 0.957. The zero-order valence-electron chi connectivity index (χ0n) is 14.9. The summed E-state index contributed by atoms with van der Waals surface area (Å²) in [4.78, 5) is 15.6. The molecule has 1 amide bonds. The summed E-state index contributed by atoms with van der Waals surface area (Å²) in [6, 6.07) is 17.8. The van der Waals surface area contributed by atoms with Crippen molar-refractivity contribution < 1.29 is 4.79 Å². The van der Waals surface area contributed by atoms with Crippen LogP contribution in [0.3, 0.4) is 0 Å². The van der Waals surface area contributed by atoms with Crippen LogP contribution in [0, 0.1) is 0 Å². The minimum Gasteiger partial charge on any atom is -0.323 e. The van der Waals surface area contributed by atoms with Crippen LogP contribution in [0.2, 0.25) is 0 Å². The van der Waals surface area contributed by atoms with E-state index in [-0.39, 0.29) is 5.91 Å². The van der Waals surface area contributed by atoms with Gasteiger partial charge in [-0.1, -0.05) is 44.2 Å². The van der Waals surface area contributed by atoms with Crippen molar-refractivity contribution in [3.8, 4) is 0 Å². The van der Waals surface area contributed by atoms with Crippen LogP contribution in [0.5, 0.6) is 0 Å². The fourth-order valence-corrected chi connectivity index (χ4v) is 3.30. The fraction of sp³-hybridized carbons (Fsp3) is 0.286. The van der Waals surface area contributed by atoms with E-state index in [4.69, 9.17) is 0 Å². The van der Waals surface area contributed by atoms with Gasteiger partial charge in [-0.25, -0.2) is 0 Å². The number of amides is 1. The molecule has 0 bridgehead atoms. The van der Waals surface area contributed by atoms with Gasteiger partial charge in [-0.05, 0) is 49.0 Å². The van der Waals surface area contributed by atoms with Crippen molar-refractivity contribution in [2.75, 3.05) is 30.7 Å². The lowest BCUT2D eigenvalue weighted by molar-refractivity contribution is -0.111. The molecule has 4 heteroatoms. The normalized spacial score (nSPS) is 11.2. The minimum absolute atomic E-state index is 0.120. The Bertz CT molecular complexity index is 664. The second-order valence-corrected chi connectivity index (χ2v) is 6.80.